The minimum Gasteiger partial charge on any atom is -0.385 e. The maximum absolute atomic E-state index is 14.5. The number of nitrogens with one attached hydrogen (secondary N) is 2. The first-order valence-electron chi connectivity index (χ1n) is 9.11. The number of aliphatic hydroxyl groups is 1. The fraction of sp³-hybridized carbons (Fsp3) is 0.350. The largest absolute Gasteiger partial charge is 0.385 e. The molecule has 0 bridgehead atoms. The van der Waals surface area contributed by atoms with E-state index >= 15 is 0 Å². The lowest BCUT2D eigenvalue weighted by molar-refractivity contribution is -0.1000. The second kappa shape index (κ2) is 8.49. The molecule has 3 N–H and O–H groups in total. The van der Waals surface area contributed by atoms with Crippen molar-refractivity contribution in [2.24, 2.45) is 0 Å². The Balaban J connectivity index is 1.87. The predicted octanol–water partition coefficient (Wildman–Crippen LogP) is 3.64. The average molecular weight is 519 g/mol. The van der Waals surface area contributed by atoms with Crippen LogP contribution in [0.1, 0.15) is 24.2 Å². The number of β-amino-alcohol motifs (C(OH)–C–C–N with tert-alkyl or cyclic N) is 1. The summed E-state index contributed by atoms with van der Waals surface area (Å²) in [4.78, 5) is 14.2. The van der Waals surface area contributed by atoms with Gasteiger partial charge in [-0.15, -0.1) is 0 Å². The molecular weight excluding hydrogens is 498 g/mol. The molecule has 0 radical (unpaired) electrons. The highest BCUT2D eigenvalue weighted by Gasteiger charge is 2.47. The molecular formula is C20H21F3IN3O2. The SMILES string of the molecule is CCNC(C)C1(O)CN(C(=O)c2ccc(F)c(F)c2Nc2ccc(I)cc2F)C1. The Kier molecular flexibility index (Phi) is 6.39. The molecule has 1 fully saturated rings. The highest BCUT2D eigenvalue weighted by atomic mass is 127. The van der Waals surface area contributed by atoms with Crippen LogP contribution >= 0.6 is 22.6 Å². The summed E-state index contributed by atoms with van der Waals surface area (Å²) in [6.07, 6.45) is 0. The Morgan fingerprint density at radius 1 is 1.24 bits per heavy atom. The molecule has 0 aliphatic carbocycles. The summed E-state index contributed by atoms with van der Waals surface area (Å²) in [6.45, 7) is 4.49. The maximum atomic E-state index is 14.5. The van der Waals surface area contributed by atoms with Gasteiger partial charge in [0, 0.05) is 9.61 Å². The molecule has 29 heavy (non-hydrogen) atoms. The molecule has 0 aromatic heterocycles. The van der Waals surface area contributed by atoms with Crippen molar-refractivity contribution in [1.29, 1.82) is 0 Å². The summed E-state index contributed by atoms with van der Waals surface area (Å²) in [6, 6.07) is 5.99. The number of carbonyl (C=O) groups is 1. The van der Waals surface area contributed by atoms with Crippen LogP contribution < -0.4 is 10.6 Å². The third-order valence-electron chi connectivity index (χ3n) is 5.05. The van der Waals surface area contributed by atoms with E-state index in [1.165, 1.54) is 17.0 Å². The first-order chi connectivity index (χ1) is 13.7. The van der Waals surface area contributed by atoms with Crippen molar-refractivity contribution in [2.45, 2.75) is 25.5 Å². The highest BCUT2D eigenvalue weighted by molar-refractivity contribution is 14.1. The number of likely N-dealkylation sites (tertiary alicyclic amines) is 1. The third kappa shape index (κ3) is 4.36. The lowest BCUT2D eigenvalue weighted by Gasteiger charge is -2.50. The van der Waals surface area contributed by atoms with E-state index in [0.29, 0.717) is 10.1 Å². The van der Waals surface area contributed by atoms with Crippen LogP contribution in [0.5, 0.6) is 0 Å². The summed E-state index contributed by atoms with van der Waals surface area (Å²) in [5.41, 5.74) is -1.75. The molecule has 3 rings (SSSR count). The van der Waals surface area contributed by atoms with E-state index < -0.39 is 34.6 Å². The third-order valence-corrected chi connectivity index (χ3v) is 5.72. The number of rotatable bonds is 6. The number of nitrogens with zero attached hydrogens (tertiary/aromatic N) is 1. The van der Waals surface area contributed by atoms with Gasteiger partial charge in [-0.3, -0.25) is 4.79 Å². The smallest absolute Gasteiger partial charge is 0.256 e. The first kappa shape index (κ1) is 21.8. The quantitative estimate of drug-likeness (QED) is 0.511. The topological polar surface area (TPSA) is 64.6 Å². The number of anilines is 2. The van der Waals surface area contributed by atoms with Crippen molar-refractivity contribution in [2.75, 3.05) is 25.0 Å². The number of halogens is 4. The monoisotopic (exact) mass is 519 g/mol. The van der Waals surface area contributed by atoms with Gasteiger partial charge in [-0.25, -0.2) is 13.2 Å². The van der Waals surface area contributed by atoms with Gasteiger partial charge in [-0.2, -0.15) is 0 Å². The minimum absolute atomic E-state index is 0.0519. The molecule has 0 spiro atoms. The van der Waals surface area contributed by atoms with Crippen molar-refractivity contribution in [1.82, 2.24) is 10.2 Å². The van der Waals surface area contributed by atoms with E-state index in [4.69, 9.17) is 0 Å². The zero-order valence-corrected chi connectivity index (χ0v) is 18.1. The first-order valence-corrected chi connectivity index (χ1v) is 10.2. The maximum Gasteiger partial charge on any atom is 0.256 e. The molecule has 9 heteroatoms. The number of hydrogen-bond acceptors (Lipinski definition) is 4. The van der Waals surface area contributed by atoms with Gasteiger partial charge < -0.3 is 20.6 Å². The molecule has 2 aromatic carbocycles. The van der Waals surface area contributed by atoms with Gasteiger partial charge >= 0.3 is 0 Å². The van der Waals surface area contributed by atoms with Crippen LogP contribution in [0.2, 0.25) is 0 Å². The van der Waals surface area contributed by atoms with Gasteiger partial charge in [-0.1, -0.05) is 6.92 Å². The molecule has 156 valence electrons. The second-order valence-corrected chi connectivity index (χ2v) is 8.32. The van der Waals surface area contributed by atoms with E-state index in [-0.39, 0.29) is 30.4 Å². The van der Waals surface area contributed by atoms with Gasteiger partial charge in [-0.05, 0) is 66.4 Å². The van der Waals surface area contributed by atoms with Crippen LogP contribution in [0.4, 0.5) is 24.5 Å². The summed E-state index contributed by atoms with van der Waals surface area (Å²) < 4.78 is 43.1. The van der Waals surface area contributed by atoms with Crippen molar-refractivity contribution in [3.05, 3.63) is 56.9 Å². The summed E-state index contributed by atoms with van der Waals surface area (Å²) in [7, 11) is 0. The molecule has 1 atom stereocenters. The Morgan fingerprint density at radius 2 is 1.93 bits per heavy atom. The zero-order chi connectivity index (χ0) is 21.3. The Hall–Kier alpha value is -1.85. The summed E-state index contributed by atoms with van der Waals surface area (Å²) in [5.74, 6) is -3.66. The number of amides is 1. The molecule has 1 heterocycles. The van der Waals surface area contributed by atoms with Crippen molar-refractivity contribution in [3.8, 4) is 0 Å². The predicted molar refractivity (Wildman–Crippen MR) is 113 cm³/mol. The number of hydrogen-bond donors (Lipinski definition) is 3. The summed E-state index contributed by atoms with van der Waals surface area (Å²) >= 11 is 1.93. The number of benzene rings is 2. The van der Waals surface area contributed by atoms with E-state index in [1.807, 2.05) is 36.4 Å². The fourth-order valence-corrected chi connectivity index (χ4v) is 3.73. The molecule has 1 saturated heterocycles. The second-order valence-electron chi connectivity index (χ2n) is 7.08. The molecule has 1 unspecified atom stereocenters. The highest BCUT2D eigenvalue weighted by Crippen LogP contribution is 2.32. The molecule has 0 saturated carbocycles. The lowest BCUT2D eigenvalue weighted by atomic mass is 9.86. The van der Waals surface area contributed by atoms with Crippen LogP contribution in [0.15, 0.2) is 30.3 Å². The van der Waals surface area contributed by atoms with E-state index in [9.17, 15) is 23.1 Å². The Morgan fingerprint density at radius 3 is 2.55 bits per heavy atom. The molecule has 1 aliphatic heterocycles. The van der Waals surface area contributed by atoms with E-state index in [1.54, 1.807) is 6.07 Å². The average Bonchev–Trinajstić information content (AvgIpc) is 2.64. The molecule has 1 amide bonds. The van der Waals surface area contributed by atoms with Crippen LogP contribution in [-0.2, 0) is 0 Å². The zero-order valence-electron chi connectivity index (χ0n) is 15.9. The van der Waals surface area contributed by atoms with Crippen molar-refractivity contribution in [3.63, 3.8) is 0 Å². The number of carbonyl (C=O) groups excluding carboxylic acids is 1. The van der Waals surface area contributed by atoms with Gasteiger partial charge in [0.05, 0.1) is 30.0 Å². The molecule has 1 aliphatic rings. The van der Waals surface area contributed by atoms with Crippen molar-refractivity contribution < 1.29 is 23.1 Å². The molecule has 5 nitrogen and oxygen atoms in total. The lowest BCUT2D eigenvalue weighted by Crippen LogP contribution is -2.70. The van der Waals surface area contributed by atoms with Crippen LogP contribution in [0, 0.1) is 21.0 Å². The van der Waals surface area contributed by atoms with E-state index in [2.05, 4.69) is 10.6 Å². The normalized spacial score (nSPS) is 16.3. The van der Waals surface area contributed by atoms with Gasteiger partial charge in [0.1, 0.15) is 11.4 Å². The van der Waals surface area contributed by atoms with Gasteiger partial charge in [0.25, 0.3) is 5.91 Å². The fourth-order valence-electron chi connectivity index (χ4n) is 3.28. The van der Waals surface area contributed by atoms with Crippen molar-refractivity contribution >= 4 is 39.9 Å². The van der Waals surface area contributed by atoms with E-state index in [0.717, 1.165) is 12.1 Å². The van der Waals surface area contributed by atoms with Gasteiger partial charge in [0.15, 0.2) is 11.6 Å². The Labute approximate surface area is 180 Å². The van der Waals surface area contributed by atoms with Crippen LogP contribution in [0.3, 0.4) is 0 Å². The Bertz CT molecular complexity index is 935. The van der Waals surface area contributed by atoms with Gasteiger partial charge in [0.2, 0.25) is 0 Å². The standard InChI is InChI=1S/C20H21F3IN3O2/c1-3-25-11(2)20(29)9-27(10-20)19(28)13-5-6-14(21)17(23)18(13)26-16-7-4-12(24)8-15(16)22/h4-8,11,25-26,29H,3,9-10H2,1-2H3. The number of likely N-dealkylation sites (N-methyl/N-ethyl adjacent to an activating group) is 1. The molecule has 2 aromatic rings. The minimum atomic E-state index is -1.27. The summed E-state index contributed by atoms with van der Waals surface area (Å²) in [5, 5.41) is 16.2. The van der Waals surface area contributed by atoms with Crippen LogP contribution in [-0.4, -0.2) is 47.2 Å². The van der Waals surface area contributed by atoms with Crippen LogP contribution in [0.25, 0.3) is 0 Å².